The summed E-state index contributed by atoms with van der Waals surface area (Å²) in [5, 5.41) is 9.82. The number of nitrogens with one attached hydrogen (secondary N) is 3. The molecular formula is C34H46ClN9O5S. The Bertz CT molecular complexity index is 1800. The minimum atomic E-state index is -3.61. The summed E-state index contributed by atoms with van der Waals surface area (Å²) in [7, 11) is 1.63. The van der Waals surface area contributed by atoms with E-state index in [1.54, 1.807) is 25.3 Å². The van der Waals surface area contributed by atoms with Gasteiger partial charge in [-0.3, -0.25) is 14.0 Å². The Labute approximate surface area is 299 Å². The van der Waals surface area contributed by atoms with Crippen LogP contribution in [0, 0.1) is 0 Å². The molecule has 4 aliphatic rings. The summed E-state index contributed by atoms with van der Waals surface area (Å²) < 4.78 is 38.1. The fourth-order valence-electron chi connectivity index (χ4n) is 6.56. The van der Waals surface area contributed by atoms with E-state index in [1.165, 1.54) is 13.2 Å². The molecule has 5 heterocycles. The van der Waals surface area contributed by atoms with Gasteiger partial charge in [-0.2, -0.15) is 4.98 Å². The smallest absolute Gasteiger partial charge is 0.232 e. The van der Waals surface area contributed by atoms with Gasteiger partial charge in [-0.1, -0.05) is 11.6 Å². The molecule has 0 saturated carbocycles. The number of piperazine rings is 1. The van der Waals surface area contributed by atoms with Gasteiger partial charge in [0, 0.05) is 70.9 Å². The number of halogens is 1. The van der Waals surface area contributed by atoms with Gasteiger partial charge in [-0.05, 0) is 50.9 Å². The average molecular weight is 728 g/mol. The number of carbonyl (C=O) groups is 1. The second-order valence-corrected chi connectivity index (χ2v) is 15.5. The van der Waals surface area contributed by atoms with Gasteiger partial charge >= 0.3 is 0 Å². The molecule has 14 nitrogen and oxygen atoms in total. The highest BCUT2D eigenvalue weighted by atomic mass is 35.5. The minimum Gasteiger partial charge on any atom is -0.494 e. The van der Waals surface area contributed by atoms with Crippen LogP contribution >= 0.6 is 11.6 Å². The number of nitrogens with zero attached hydrogens (tertiary/aromatic N) is 6. The number of hydrogen-bond donors (Lipinski definition) is 3. The maximum absolute atomic E-state index is 13.3. The molecule has 0 spiro atoms. The number of anilines is 7. The molecule has 6 bridgehead atoms. The number of methoxy groups -OCH3 is 1. The van der Waals surface area contributed by atoms with E-state index in [2.05, 4.69) is 47.7 Å². The third kappa shape index (κ3) is 8.45. The molecule has 0 radical (unpaired) electrons. The number of benzene rings is 2. The molecule has 16 heteroatoms. The summed E-state index contributed by atoms with van der Waals surface area (Å²) in [5.41, 5.74) is 2.92. The number of likely N-dealkylation sites (N-methyl/N-ethyl adjacent to an activating group) is 1. The number of amides is 1. The van der Waals surface area contributed by atoms with Crippen LogP contribution in [0.3, 0.4) is 0 Å². The van der Waals surface area contributed by atoms with E-state index in [1.807, 2.05) is 12.1 Å². The van der Waals surface area contributed by atoms with Crippen LogP contribution < -0.4 is 34.6 Å². The van der Waals surface area contributed by atoms with E-state index in [0.29, 0.717) is 66.2 Å². The monoisotopic (exact) mass is 727 g/mol. The van der Waals surface area contributed by atoms with Crippen LogP contribution in [0.25, 0.3) is 0 Å². The van der Waals surface area contributed by atoms with E-state index in [0.717, 1.165) is 68.4 Å². The van der Waals surface area contributed by atoms with Crippen LogP contribution in [0.5, 0.6) is 11.5 Å². The van der Waals surface area contributed by atoms with Crippen LogP contribution in [0.1, 0.15) is 32.1 Å². The first-order chi connectivity index (χ1) is 24.0. The predicted molar refractivity (Wildman–Crippen MR) is 199 cm³/mol. The molecule has 0 atom stereocenters. The number of carbonyl (C=O) groups excluding carboxylic acids is 1. The Kier molecular flexibility index (Phi) is 11.1. The lowest BCUT2D eigenvalue weighted by molar-refractivity contribution is -0.116. The van der Waals surface area contributed by atoms with Gasteiger partial charge < -0.3 is 35.2 Å². The maximum atomic E-state index is 13.3. The fraction of sp³-hybridized carbons (Fsp3) is 0.500. The van der Waals surface area contributed by atoms with Gasteiger partial charge in [0.1, 0.15) is 16.5 Å². The van der Waals surface area contributed by atoms with Gasteiger partial charge in [-0.15, -0.1) is 0 Å². The summed E-state index contributed by atoms with van der Waals surface area (Å²) in [6, 6.07) is 9.45. The highest BCUT2D eigenvalue weighted by Crippen LogP contribution is 2.40. The zero-order valence-electron chi connectivity index (χ0n) is 29.0. The highest BCUT2D eigenvalue weighted by Gasteiger charge is 2.29. The molecule has 2 fully saturated rings. The van der Waals surface area contributed by atoms with Crippen LogP contribution in [-0.4, -0.2) is 113 Å². The Morgan fingerprint density at radius 2 is 1.74 bits per heavy atom. The lowest BCUT2D eigenvalue weighted by Gasteiger charge is -2.43. The van der Waals surface area contributed by atoms with Crippen molar-refractivity contribution >= 4 is 67.7 Å². The second kappa shape index (κ2) is 15.5. The number of piperidine rings is 1. The molecule has 50 heavy (non-hydrogen) atoms. The normalized spacial score (nSPS) is 18.5. The third-order valence-electron chi connectivity index (χ3n) is 9.57. The molecule has 3 N–H and O–H groups in total. The van der Waals surface area contributed by atoms with Crippen LogP contribution in [0.4, 0.5) is 40.2 Å². The second-order valence-electron chi connectivity index (χ2n) is 13.0. The van der Waals surface area contributed by atoms with Gasteiger partial charge in [0.25, 0.3) is 0 Å². The number of aromatic nitrogens is 2. The molecule has 3 aromatic rings. The minimum absolute atomic E-state index is 0.108. The Morgan fingerprint density at radius 1 is 0.980 bits per heavy atom. The maximum Gasteiger partial charge on any atom is 0.232 e. The topological polar surface area (TPSA) is 144 Å². The average Bonchev–Trinajstić information content (AvgIpc) is 3.09. The number of ether oxygens (including phenoxy) is 2. The van der Waals surface area contributed by atoms with Crippen molar-refractivity contribution in [3.63, 3.8) is 0 Å². The Morgan fingerprint density at radius 3 is 2.46 bits per heavy atom. The standard InChI is InChI=1S/C34H46ClN9O5S/c1-41-14-16-43(17-15-41)23-10-12-44(13-11-23)30-21-31(48-3)28-20-27(30)37-32(45)7-5-6-18-49-24-8-9-26(29(19-24)42(2)50(4,46)47)38-33-25(35)22-36-34(39-28)40-33/h8-9,19-23H,5-7,10-18H2,1-4H3,(H,37,45)(H2,36,38,39,40). The van der Waals surface area contributed by atoms with E-state index < -0.39 is 10.0 Å². The molecule has 2 saturated heterocycles. The molecule has 7 rings (SSSR count). The molecule has 270 valence electrons. The van der Waals surface area contributed by atoms with Crippen molar-refractivity contribution in [3.05, 3.63) is 41.6 Å². The van der Waals surface area contributed by atoms with Gasteiger partial charge in [0.05, 0.1) is 54.6 Å². The van der Waals surface area contributed by atoms with Crippen LogP contribution in [0.15, 0.2) is 36.5 Å². The van der Waals surface area contributed by atoms with Crippen molar-refractivity contribution in [1.82, 2.24) is 19.8 Å². The molecule has 1 aromatic heterocycles. The van der Waals surface area contributed by atoms with E-state index in [4.69, 9.17) is 21.1 Å². The van der Waals surface area contributed by atoms with Crippen LogP contribution in [0.2, 0.25) is 5.02 Å². The first-order valence-electron chi connectivity index (χ1n) is 17.0. The molecule has 2 aromatic carbocycles. The Balaban J connectivity index is 1.32. The summed E-state index contributed by atoms with van der Waals surface area (Å²) in [4.78, 5) is 29.7. The zero-order chi connectivity index (χ0) is 35.4. The largest absolute Gasteiger partial charge is 0.494 e. The van der Waals surface area contributed by atoms with E-state index >= 15 is 0 Å². The fourth-order valence-corrected chi connectivity index (χ4v) is 7.20. The van der Waals surface area contributed by atoms with Crippen molar-refractivity contribution in [1.29, 1.82) is 0 Å². The number of fused-ring (bicyclic) bond motifs is 8. The molecular weight excluding hydrogens is 682 g/mol. The van der Waals surface area contributed by atoms with Gasteiger partial charge in [-0.25, -0.2) is 13.4 Å². The quantitative estimate of drug-likeness (QED) is 0.334. The first kappa shape index (κ1) is 35.8. The molecule has 0 unspecified atom stereocenters. The molecule has 1 amide bonds. The summed E-state index contributed by atoms with van der Waals surface area (Å²) >= 11 is 6.54. The number of hydrogen-bond acceptors (Lipinski definition) is 12. The Hall–Kier alpha value is -4.05. The van der Waals surface area contributed by atoms with E-state index in [9.17, 15) is 13.2 Å². The lowest BCUT2D eigenvalue weighted by atomic mass is 10.0. The zero-order valence-corrected chi connectivity index (χ0v) is 30.6. The lowest BCUT2D eigenvalue weighted by Crippen LogP contribution is -2.52. The molecule has 4 aliphatic heterocycles. The van der Waals surface area contributed by atoms with E-state index in [-0.39, 0.29) is 22.7 Å². The predicted octanol–water partition coefficient (Wildman–Crippen LogP) is 4.74. The van der Waals surface area contributed by atoms with Crippen molar-refractivity contribution in [2.45, 2.75) is 38.1 Å². The third-order valence-corrected chi connectivity index (χ3v) is 11.0. The summed E-state index contributed by atoms with van der Waals surface area (Å²) in [6.45, 7) is 6.45. The number of sulfonamides is 1. The van der Waals surface area contributed by atoms with Crippen molar-refractivity contribution in [3.8, 4) is 11.5 Å². The van der Waals surface area contributed by atoms with Crippen molar-refractivity contribution in [2.24, 2.45) is 0 Å². The number of rotatable bonds is 5. The SMILES string of the molecule is COc1cc(N2CCC(N3CCN(C)CC3)CC2)c2cc1Nc1ncc(Cl)c(n1)Nc1ccc(cc1N(C)S(C)(=O)=O)OCCCCC(=O)N2. The van der Waals surface area contributed by atoms with Crippen molar-refractivity contribution < 1.29 is 22.7 Å². The van der Waals surface area contributed by atoms with Gasteiger partial charge in [0.2, 0.25) is 21.9 Å². The summed E-state index contributed by atoms with van der Waals surface area (Å²) in [5.74, 6) is 1.41. The van der Waals surface area contributed by atoms with Gasteiger partial charge in [0.15, 0.2) is 5.82 Å². The van der Waals surface area contributed by atoms with Crippen molar-refractivity contribution in [2.75, 3.05) is 98.5 Å². The summed E-state index contributed by atoms with van der Waals surface area (Å²) in [6.07, 6.45) is 6.19. The first-order valence-corrected chi connectivity index (χ1v) is 19.2. The highest BCUT2D eigenvalue weighted by molar-refractivity contribution is 7.92. The molecule has 0 aliphatic carbocycles. The van der Waals surface area contributed by atoms with Crippen LogP contribution in [-0.2, 0) is 14.8 Å².